The Labute approximate surface area is 218 Å². The van der Waals surface area contributed by atoms with Crippen LogP contribution in [-0.2, 0) is 39.5 Å². The van der Waals surface area contributed by atoms with Crippen molar-refractivity contribution in [3.63, 3.8) is 0 Å². The van der Waals surface area contributed by atoms with Crippen molar-refractivity contribution in [1.82, 2.24) is 9.55 Å². The van der Waals surface area contributed by atoms with Crippen LogP contribution in [0, 0.1) is 0 Å². The van der Waals surface area contributed by atoms with Gasteiger partial charge in [0.2, 0.25) is 5.91 Å². The molecule has 2 aliphatic heterocycles. The summed E-state index contributed by atoms with van der Waals surface area (Å²) in [6.07, 6.45) is 0.785. The van der Waals surface area contributed by atoms with Crippen molar-refractivity contribution in [3.05, 3.63) is 69.0 Å². The molecule has 1 amide bonds. The van der Waals surface area contributed by atoms with E-state index in [4.69, 9.17) is 15.5 Å². The maximum Gasteiger partial charge on any atom is 0.343 e. The molecule has 9 heteroatoms. The van der Waals surface area contributed by atoms with Crippen molar-refractivity contribution in [1.29, 1.82) is 0 Å². The van der Waals surface area contributed by atoms with Crippen LogP contribution in [-0.4, -0.2) is 32.6 Å². The fourth-order valence-corrected chi connectivity index (χ4v) is 5.72. The maximum absolute atomic E-state index is 13.6. The van der Waals surface area contributed by atoms with Gasteiger partial charge in [0.05, 0.1) is 35.1 Å². The van der Waals surface area contributed by atoms with E-state index >= 15 is 0 Å². The zero-order valence-corrected chi connectivity index (χ0v) is 21.4. The number of aromatic nitrogens is 2. The summed E-state index contributed by atoms with van der Waals surface area (Å²) in [5.41, 5.74) is 8.83. The zero-order valence-electron chi connectivity index (χ0n) is 21.4. The van der Waals surface area contributed by atoms with Crippen LogP contribution in [0.25, 0.3) is 33.1 Å². The molecule has 2 aliphatic rings. The van der Waals surface area contributed by atoms with Crippen LogP contribution in [0.4, 0.5) is 5.69 Å². The van der Waals surface area contributed by atoms with Gasteiger partial charge in [-0.15, -0.1) is 0 Å². The topological polar surface area (TPSA) is 137 Å². The van der Waals surface area contributed by atoms with Crippen LogP contribution < -0.4 is 16.6 Å². The Kier molecular flexibility index (Phi) is 5.41. The smallest absolute Gasteiger partial charge is 0.343 e. The van der Waals surface area contributed by atoms with Gasteiger partial charge in [-0.25, -0.2) is 9.78 Å². The molecule has 0 unspecified atom stereocenters. The molecule has 2 aromatic carbocycles. The Balaban J connectivity index is 1.60. The third-order valence-corrected chi connectivity index (χ3v) is 7.82. The van der Waals surface area contributed by atoms with Crippen LogP contribution in [0.5, 0.6) is 0 Å². The van der Waals surface area contributed by atoms with Gasteiger partial charge >= 0.3 is 5.97 Å². The van der Waals surface area contributed by atoms with Gasteiger partial charge in [0.15, 0.2) is 5.60 Å². The van der Waals surface area contributed by atoms with E-state index in [9.17, 15) is 19.5 Å². The van der Waals surface area contributed by atoms with E-state index < -0.39 is 17.6 Å². The third kappa shape index (κ3) is 3.32. The molecule has 0 fully saturated rings. The predicted octanol–water partition coefficient (Wildman–Crippen LogP) is 3.08. The summed E-state index contributed by atoms with van der Waals surface area (Å²) in [7, 11) is 0. The number of cyclic esters (lactones) is 1. The molecular weight excluding hydrogens is 484 g/mol. The number of rotatable bonds is 4. The van der Waals surface area contributed by atoms with Gasteiger partial charge in [-0.1, -0.05) is 26.0 Å². The van der Waals surface area contributed by atoms with Crippen LogP contribution in [0.15, 0.2) is 41.2 Å². The van der Waals surface area contributed by atoms with E-state index in [0.29, 0.717) is 41.2 Å². The summed E-state index contributed by atoms with van der Waals surface area (Å²) in [6, 6.07) is 10.8. The number of carbonyl (C=O) groups is 2. The van der Waals surface area contributed by atoms with Crippen molar-refractivity contribution >= 4 is 39.2 Å². The number of anilines is 1. The van der Waals surface area contributed by atoms with Gasteiger partial charge in [-0.2, -0.15) is 0 Å². The van der Waals surface area contributed by atoms with Crippen LogP contribution >= 0.6 is 0 Å². The second-order valence-electron chi connectivity index (χ2n) is 10.0. The number of pyridine rings is 2. The second kappa shape index (κ2) is 8.47. The number of hydrogen-bond acceptors (Lipinski definition) is 7. The quantitative estimate of drug-likeness (QED) is 0.249. The Morgan fingerprint density at radius 2 is 1.97 bits per heavy atom. The van der Waals surface area contributed by atoms with Crippen LogP contribution in [0.3, 0.4) is 0 Å². The van der Waals surface area contributed by atoms with E-state index in [-0.39, 0.29) is 24.5 Å². The summed E-state index contributed by atoms with van der Waals surface area (Å²) in [6.45, 7) is 5.55. The highest BCUT2D eigenvalue weighted by Gasteiger charge is 2.45. The third-order valence-electron chi connectivity index (χ3n) is 7.82. The van der Waals surface area contributed by atoms with E-state index in [1.165, 1.54) is 0 Å². The molecule has 0 aliphatic carbocycles. The van der Waals surface area contributed by atoms with E-state index in [1.807, 2.05) is 30.3 Å². The number of nitrogens with one attached hydrogen (secondary N) is 1. The molecule has 2 atom stereocenters. The molecule has 6 rings (SSSR count). The molecule has 9 nitrogen and oxygen atoms in total. The van der Waals surface area contributed by atoms with Gasteiger partial charge < -0.3 is 25.5 Å². The molecule has 0 spiro atoms. The second-order valence-corrected chi connectivity index (χ2v) is 10.0. The highest BCUT2D eigenvalue weighted by molar-refractivity contribution is 6.11. The lowest BCUT2D eigenvalue weighted by atomic mass is 9.86. The van der Waals surface area contributed by atoms with Gasteiger partial charge in [-0.05, 0) is 60.4 Å². The number of amides is 1. The molecule has 0 saturated carbocycles. The number of aryl methyl sites for hydroxylation is 1. The molecule has 2 aromatic heterocycles. The molecule has 194 valence electrons. The van der Waals surface area contributed by atoms with Gasteiger partial charge in [0, 0.05) is 22.2 Å². The average Bonchev–Trinajstić information content (AvgIpc) is 3.28. The van der Waals surface area contributed by atoms with Crippen LogP contribution in [0.1, 0.15) is 49.4 Å². The first-order valence-corrected chi connectivity index (χ1v) is 12.8. The minimum absolute atomic E-state index is 0.0910. The lowest BCUT2D eigenvalue weighted by Crippen LogP contribution is -2.44. The highest BCUT2D eigenvalue weighted by Crippen LogP contribution is 2.41. The minimum atomic E-state index is -1.87. The number of nitrogens with zero attached hydrogens (tertiary/aromatic N) is 2. The highest BCUT2D eigenvalue weighted by atomic mass is 16.6. The number of esters is 1. The Morgan fingerprint density at radius 1 is 1.21 bits per heavy atom. The van der Waals surface area contributed by atoms with Gasteiger partial charge in [0.25, 0.3) is 5.56 Å². The number of ether oxygens (including phenoxy) is 1. The van der Waals surface area contributed by atoms with E-state index in [1.54, 1.807) is 24.5 Å². The van der Waals surface area contributed by atoms with Crippen molar-refractivity contribution < 1.29 is 19.4 Å². The van der Waals surface area contributed by atoms with Crippen LogP contribution in [0.2, 0.25) is 0 Å². The van der Waals surface area contributed by atoms with E-state index in [0.717, 1.165) is 32.8 Å². The summed E-state index contributed by atoms with van der Waals surface area (Å²) >= 11 is 0. The number of aliphatic hydroxyl groups is 1. The number of carbonyl (C=O) groups excluding carboxylic acids is 2. The molecule has 38 heavy (non-hydrogen) atoms. The molecular formula is C29H28N4O5. The normalized spacial score (nSPS) is 18.6. The van der Waals surface area contributed by atoms with Crippen molar-refractivity contribution in [2.24, 2.45) is 5.73 Å². The monoisotopic (exact) mass is 512 g/mol. The Morgan fingerprint density at radius 3 is 2.68 bits per heavy atom. The Hall–Kier alpha value is -4.08. The Bertz CT molecular complexity index is 1760. The number of fused-ring (bicyclic) bond motifs is 7. The van der Waals surface area contributed by atoms with Crippen molar-refractivity contribution in [2.45, 2.75) is 58.4 Å². The largest absolute Gasteiger partial charge is 0.458 e. The number of hydrogen-bond donors (Lipinski definition) is 3. The SMILES string of the molecule is CCc1c2c(nc3ccc4ccc(NC(=O)[C@H](C)N)cc4c13)-c1cc3c(c(=O)n1C2)COC(=O)[C@]3(O)CC. The van der Waals surface area contributed by atoms with E-state index in [2.05, 4.69) is 12.2 Å². The van der Waals surface area contributed by atoms with Gasteiger partial charge in [-0.3, -0.25) is 9.59 Å². The minimum Gasteiger partial charge on any atom is -0.458 e. The number of benzene rings is 2. The summed E-state index contributed by atoms with van der Waals surface area (Å²) < 4.78 is 6.84. The van der Waals surface area contributed by atoms with Gasteiger partial charge in [0.1, 0.15) is 6.61 Å². The fraction of sp³-hybridized carbons (Fsp3) is 0.310. The summed E-state index contributed by atoms with van der Waals surface area (Å²) in [5.74, 6) is -1.01. The van der Waals surface area contributed by atoms with Crippen molar-refractivity contribution in [3.8, 4) is 11.4 Å². The lowest BCUT2D eigenvalue weighted by Gasteiger charge is -2.31. The lowest BCUT2D eigenvalue weighted by molar-refractivity contribution is -0.172. The summed E-state index contributed by atoms with van der Waals surface area (Å²) in [4.78, 5) is 43.2. The average molecular weight is 513 g/mol. The first-order chi connectivity index (χ1) is 18.2. The maximum atomic E-state index is 13.6. The summed E-state index contributed by atoms with van der Waals surface area (Å²) in [5, 5.41) is 16.9. The number of nitrogens with two attached hydrogens (primary N) is 1. The molecule has 4 heterocycles. The molecule has 0 bridgehead atoms. The molecule has 0 radical (unpaired) electrons. The first kappa shape index (κ1) is 24.3. The predicted molar refractivity (Wildman–Crippen MR) is 144 cm³/mol. The standard InChI is InChI=1S/C29H28N4O5/c1-4-17-19-12-33-23(11-21-20(27(33)35)13-38-28(36)29(21,37)5-2)25(19)32-22-9-7-15-6-8-16(10-18(15)24(17)22)31-26(34)14(3)30/h6-11,14,37H,4-5,12-13,30H2,1-3H3,(H,31,34)/t14-,29-/m0/s1. The zero-order chi connectivity index (χ0) is 26.9. The first-order valence-electron chi connectivity index (χ1n) is 12.8. The molecule has 4 N–H and O–H groups in total. The fourth-order valence-electron chi connectivity index (χ4n) is 5.72. The van der Waals surface area contributed by atoms with Crippen molar-refractivity contribution in [2.75, 3.05) is 5.32 Å². The molecule has 0 saturated heterocycles. The molecule has 4 aromatic rings.